The summed E-state index contributed by atoms with van der Waals surface area (Å²) in [5.74, 6) is -0.763. The molecule has 118 valence electrons. The third-order valence-electron chi connectivity index (χ3n) is 3.50. The SMILES string of the molecule is O=C(N/N=C/c1ccc(-c2ccccc2)cc1)c1ccc(F)cc1. The van der Waals surface area contributed by atoms with E-state index in [0.29, 0.717) is 5.56 Å². The zero-order valence-corrected chi connectivity index (χ0v) is 12.8. The Labute approximate surface area is 139 Å². The van der Waals surface area contributed by atoms with E-state index in [1.807, 2.05) is 54.6 Å². The van der Waals surface area contributed by atoms with Crippen LogP contribution in [0.5, 0.6) is 0 Å². The van der Waals surface area contributed by atoms with E-state index in [2.05, 4.69) is 10.5 Å². The van der Waals surface area contributed by atoms with Gasteiger partial charge in [0.05, 0.1) is 6.21 Å². The summed E-state index contributed by atoms with van der Waals surface area (Å²) in [6.45, 7) is 0. The van der Waals surface area contributed by atoms with Crippen LogP contribution in [0.3, 0.4) is 0 Å². The van der Waals surface area contributed by atoms with Gasteiger partial charge >= 0.3 is 0 Å². The Morgan fingerprint density at radius 3 is 2.12 bits per heavy atom. The number of nitrogens with one attached hydrogen (secondary N) is 1. The topological polar surface area (TPSA) is 41.5 Å². The predicted octanol–water partition coefficient (Wildman–Crippen LogP) is 4.26. The van der Waals surface area contributed by atoms with Gasteiger partial charge in [-0.2, -0.15) is 5.10 Å². The lowest BCUT2D eigenvalue weighted by Gasteiger charge is -2.02. The Morgan fingerprint density at radius 2 is 1.46 bits per heavy atom. The summed E-state index contributed by atoms with van der Waals surface area (Å²) in [7, 11) is 0. The van der Waals surface area contributed by atoms with Crippen LogP contribution in [0.4, 0.5) is 4.39 Å². The summed E-state index contributed by atoms with van der Waals surface area (Å²) < 4.78 is 12.8. The summed E-state index contributed by atoms with van der Waals surface area (Å²) in [4.78, 5) is 11.8. The lowest BCUT2D eigenvalue weighted by molar-refractivity contribution is 0.0955. The van der Waals surface area contributed by atoms with Gasteiger partial charge in [-0.3, -0.25) is 4.79 Å². The molecule has 0 unspecified atom stereocenters. The molecular weight excluding hydrogens is 303 g/mol. The van der Waals surface area contributed by atoms with Crippen molar-refractivity contribution in [1.29, 1.82) is 0 Å². The standard InChI is InChI=1S/C20H15FN2O/c21-19-12-10-18(11-13-19)20(24)23-22-14-15-6-8-17(9-7-15)16-4-2-1-3-5-16/h1-14H,(H,23,24)/b22-14+. The summed E-state index contributed by atoms with van der Waals surface area (Å²) in [5, 5.41) is 3.92. The molecule has 0 aliphatic rings. The maximum absolute atomic E-state index is 12.8. The van der Waals surface area contributed by atoms with Gasteiger partial charge in [0, 0.05) is 5.56 Å². The van der Waals surface area contributed by atoms with E-state index in [9.17, 15) is 9.18 Å². The van der Waals surface area contributed by atoms with E-state index in [1.165, 1.54) is 24.3 Å². The number of halogens is 1. The number of hydrogen-bond acceptors (Lipinski definition) is 2. The van der Waals surface area contributed by atoms with E-state index in [4.69, 9.17) is 0 Å². The van der Waals surface area contributed by atoms with Crippen LogP contribution in [0.1, 0.15) is 15.9 Å². The first-order valence-electron chi connectivity index (χ1n) is 7.47. The van der Waals surface area contributed by atoms with Crippen LogP contribution in [0.15, 0.2) is 84.0 Å². The van der Waals surface area contributed by atoms with Crippen molar-refractivity contribution < 1.29 is 9.18 Å². The fraction of sp³-hybridized carbons (Fsp3) is 0. The molecule has 1 N–H and O–H groups in total. The van der Waals surface area contributed by atoms with Crippen molar-refractivity contribution in [3.8, 4) is 11.1 Å². The van der Waals surface area contributed by atoms with Gasteiger partial charge in [0.15, 0.2) is 0 Å². The summed E-state index contributed by atoms with van der Waals surface area (Å²) >= 11 is 0. The highest BCUT2D eigenvalue weighted by atomic mass is 19.1. The minimum absolute atomic E-state index is 0.355. The predicted molar refractivity (Wildman–Crippen MR) is 93.3 cm³/mol. The Balaban J connectivity index is 1.62. The fourth-order valence-electron chi connectivity index (χ4n) is 2.22. The first-order chi connectivity index (χ1) is 11.7. The molecule has 3 rings (SSSR count). The molecule has 0 spiro atoms. The lowest BCUT2D eigenvalue weighted by atomic mass is 10.0. The lowest BCUT2D eigenvalue weighted by Crippen LogP contribution is -2.17. The van der Waals surface area contributed by atoms with Crippen molar-refractivity contribution in [3.63, 3.8) is 0 Å². The molecule has 1 amide bonds. The van der Waals surface area contributed by atoms with E-state index >= 15 is 0 Å². The van der Waals surface area contributed by atoms with Crippen molar-refractivity contribution in [3.05, 3.63) is 95.8 Å². The van der Waals surface area contributed by atoms with Crippen LogP contribution in [0.2, 0.25) is 0 Å². The molecule has 0 bridgehead atoms. The van der Waals surface area contributed by atoms with Crippen molar-refractivity contribution in [1.82, 2.24) is 5.43 Å². The minimum Gasteiger partial charge on any atom is -0.267 e. The largest absolute Gasteiger partial charge is 0.271 e. The third-order valence-corrected chi connectivity index (χ3v) is 3.50. The monoisotopic (exact) mass is 318 g/mol. The molecule has 0 aliphatic carbocycles. The second-order valence-electron chi connectivity index (χ2n) is 5.19. The number of carbonyl (C=O) groups excluding carboxylic acids is 1. The molecule has 24 heavy (non-hydrogen) atoms. The number of benzene rings is 3. The van der Waals surface area contributed by atoms with Crippen LogP contribution in [0, 0.1) is 5.82 Å². The summed E-state index contributed by atoms with van der Waals surface area (Å²) in [6.07, 6.45) is 1.57. The Morgan fingerprint density at radius 1 is 0.833 bits per heavy atom. The van der Waals surface area contributed by atoms with Crippen molar-refractivity contribution in [2.24, 2.45) is 5.10 Å². The van der Waals surface area contributed by atoms with E-state index in [1.54, 1.807) is 6.21 Å². The highest BCUT2D eigenvalue weighted by Gasteiger charge is 2.03. The normalized spacial score (nSPS) is 10.7. The smallest absolute Gasteiger partial charge is 0.267 e. The van der Waals surface area contributed by atoms with E-state index in [-0.39, 0.29) is 11.7 Å². The number of rotatable bonds is 4. The molecule has 0 saturated carbocycles. The highest BCUT2D eigenvalue weighted by molar-refractivity contribution is 5.94. The van der Waals surface area contributed by atoms with Gasteiger partial charge in [-0.05, 0) is 41.0 Å². The Kier molecular flexibility index (Phi) is 4.77. The minimum atomic E-state index is -0.382. The summed E-state index contributed by atoms with van der Waals surface area (Å²) in [5.41, 5.74) is 5.90. The molecule has 0 atom stereocenters. The van der Waals surface area contributed by atoms with Gasteiger partial charge in [0.1, 0.15) is 5.82 Å². The quantitative estimate of drug-likeness (QED) is 0.567. The number of hydrogen-bond donors (Lipinski definition) is 1. The Bertz CT molecular complexity index is 841. The molecule has 4 heteroatoms. The van der Waals surface area contributed by atoms with Gasteiger partial charge in [-0.1, -0.05) is 54.6 Å². The van der Waals surface area contributed by atoms with Crippen LogP contribution < -0.4 is 5.43 Å². The molecular formula is C20H15FN2O. The molecule has 0 radical (unpaired) electrons. The average Bonchev–Trinajstić information content (AvgIpc) is 2.63. The zero-order valence-electron chi connectivity index (χ0n) is 12.8. The molecule has 3 aromatic rings. The third kappa shape index (κ3) is 3.93. The number of amides is 1. The molecule has 0 aromatic heterocycles. The Hall–Kier alpha value is -3.27. The summed E-state index contributed by atoms with van der Waals surface area (Å²) in [6, 6.07) is 23.2. The number of nitrogens with zero attached hydrogens (tertiary/aromatic N) is 1. The van der Waals surface area contributed by atoms with E-state index < -0.39 is 0 Å². The fourth-order valence-corrected chi connectivity index (χ4v) is 2.22. The van der Waals surface area contributed by atoms with Gasteiger partial charge < -0.3 is 0 Å². The molecule has 3 nitrogen and oxygen atoms in total. The number of carbonyl (C=O) groups is 1. The van der Waals surface area contributed by atoms with E-state index in [0.717, 1.165) is 16.7 Å². The first-order valence-corrected chi connectivity index (χ1v) is 7.47. The van der Waals surface area contributed by atoms with Gasteiger partial charge in [0.2, 0.25) is 0 Å². The van der Waals surface area contributed by atoms with Crippen molar-refractivity contribution >= 4 is 12.1 Å². The number of hydrazone groups is 1. The molecule has 0 heterocycles. The molecule has 0 saturated heterocycles. The first kappa shape index (κ1) is 15.6. The second-order valence-corrected chi connectivity index (χ2v) is 5.19. The van der Waals surface area contributed by atoms with Gasteiger partial charge in [0.25, 0.3) is 5.91 Å². The van der Waals surface area contributed by atoms with Crippen LogP contribution in [-0.4, -0.2) is 12.1 Å². The molecule has 0 aliphatic heterocycles. The second kappa shape index (κ2) is 7.33. The maximum atomic E-state index is 12.8. The van der Waals surface area contributed by atoms with Crippen molar-refractivity contribution in [2.75, 3.05) is 0 Å². The maximum Gasteiger partial charge on any atom is 0.271 e. The van der Waals surface area contributed by atoms with Crippen molar-refractivity contribution in [2.45, 2.75) is 0 Å². The highest BCUT2D eigenvalue weighted by Crippen LogP contribution is 2.18. The molecule has 0 fully saturated rings. The average molecular weight is 318 g/mol. The van der Waals surface area contributed by atoms with Crippen LogP contribution in [-0.2, 0) is 0 Å². The van der Waals surface area contributed by atoms with Gasteiger partial charge in [-0.15, -0.1) is 0 Å². The van der Waals surface area contributed by atoms with Crippen LogP contribution in [0.25, 0.3) is 11.1 Å². The zero-order chi connectivity index (χ0) is 16.8. The molecule has 3 aromatic carbocycles. The van der Waals surface area contributed by atoms with Crippen LogP contribution >= 0.6 is 0 Å². The van der Waals surface area contributed by atoms with Gasteiger partial charge in [-0.25, -0.2) is 9.82 Å².